The number of guanidine groups is 1. The zero-order valence-corrected chi connectivity index (χ0v) is 16.7. The van der Waals surface area contributed by atoms with Crippen LogP contribution in [0, 0.1) is 5.82 Å². The van der Waals surface area contributed by atoms with Crippen LogP contribution in [0.15, 0.2) is 29.3 Å². The van der Waals surface area contributed by atoms with Crippen LogP contribution in [0.4, 0.5) is 4.39 Å². The van der Waals surface area contributed by atoms with Crippen LogP contribution >= 0.6 is 0 Å². The molecule has 0 spiro atoms. The molecule has 1 saturated heterocycles. The molecule has 1 atom stereocenters. The van der Waals surface area contributed by atoms with Gasteiger partial charge in [0.2, 0.25) is 5.91 Å². The molecular formula is C20H32FN5O. The highest BCUT2D eigenvalue weighted by molar-refractivity contribution is 5.81. The average Bonchev–Trinajstić information content (AvgIpc) is 3.12. The number of aliphatic imine (C=N–C) groups is 1. The molecule has 2 N–H and O–H groups in total. The van der Waals surface area contributed by atoms with E-state index in [1.54, 1.807) is 24.1 Å². The van der Waals surface area contributed by atoms with Crippen molar-refractivity contribution in [1.82, 2.24) is 20.4 Å². The number of amides is 1. The molecule has 1 aliphatic rings. The second kappa shape index (κ2) is 10.9. The maximum absolute atomic E-state index is 13.6. The van der Waals surface area contributed by atoms with Gasteiger partial charge in [0.25, 0.3) is 0 Å². The van der Waals surface area contributed by atoms with Crippen molar-refractivity contribution in [3.8, 4) is 0 Å². The summed E-state index contributed by atoms with van der Waals surface area (Å²) >= 11 is 0. The van der Waals surface area contributed by atoms with E-state index in [0.717, 1.165) is 38.9 Å². The Balaban J connectivity index is 1.66. The third-order valence-corrected chi connectivity index (χ3v) is 4.87. The number of benzene rings is 1. The van der Waals surface area contributed by atoms with E-state index in [4.69, 9.17) is 0 Å². The Labute approximate surface area is 161 Å². The molecule has 6 nitrogen and oxygen atoms in total. The molecule has 0 saturated carbocycles. The van der Waals surface area contributed by atoms with Crippen LogP contribution in [-0.4, -0.2) is 75.0 Å². The van der Waals surface area contributed by atoms with E-state index in [1.165, 1.54) is 6.07 Å². The first-order valence-corrected chi connectivity index (χ1v) is 9.66. The molecule has 0 aromatic heterocycles. The molecule has 1 aliphatic heterocycles. The Hall–Kier alpha value is -2.15. The van der Waals surface area contributed by atoms with Gasteiger partial charge in [-0.1, -0.05) is 18.2 Å². The van der Waals surface area contributed by atoms with Crippen LogP contribution in [0.3, 0.4) is 0 Å². The summed E-state index contributed by atoms with van der Waals surface area (Å²) in [6, 6.07) is 6.85. The number of nitrogens with one attached hydrogen (secondary N) is 2. The SMILES string of the molecule is CN=C(NCCCN1CCCC1C(=O)N(C)C)NCCc1ccccc1F. The lowest BCUT2D eigenvalue weighted by molar-refractivity contribution is -0.133. The molecule has 0 radical (unpaired) electrons. The summed E-state index contributed by atoms with van der Waals surface area (Å²) < 4.78 is 13.6. The average molecular weight is 378 g/mol. The van der Waals surface area contributed by atoms with Crippen molar-refractivity contribution in [3.63, 3.8) is 0 Å². The monoisotopic (exact) mass is 377 g/mol. The third kappa shape index (κ3) is 6.50. The van der Waals surface area contributed by atoms with Gasteiger partial charge in [0.15, 0.2) is 5.96 Å². The van der Waals surface area contributed by atoms with Gasteiger partial charge < -0.3 is 15.5 Å². The fourth-order valence-electron chi connectivity index (χ4n) is 3.40. The number of nitrogens with zero attached hydrogens (tertiary/aromatic N) is 3. The van der Waals surface area contributed by atoms with Crippen LogP contribution in [0.2, 0.25) is 0 Å². The highest BCUT2D eigenvalue weighted by Gasteiger charge is 2.30. The number of rotatable bonds is 8. The van der Waals surface area contributed by atoms with Crippen molar-refractivity contribution in [1.29, 1.82) is 0 Å². The maximum atomic E-state index is 13.6. The van der Waals surface area contributed by atoms with E-state index in [0.29, 0.717) is 24.5 Å². The minimum atomic E-state index is -0.172. The van der Waals surface area contributed by atoms with Gasteiger partial charge in [-0.25, -0.2) is 4.39 Å². The fraction of sp³-hybridized carbons (Fsp3) is 0.600. The fourth-order valence-corrected chi connectivity index (χ4v) is 3.40. The van der Waals surface area contributed by atoms with Crippen molar-refractivity contribution in [3.05, 3.63) is 35.6 Å². The molecule has 2 rings (SSSR count). The number of likely N-dealkylation sites (tertiary alicyclic amines) is 1. The normalized spacial score (nSPS) is 17.8. The van der Waals surface area contributed by atoms with Crippen molar-refractivity contribution in [2.45, 2.75) is 31.7 Å². The summed E-state index contributed by atoms with van der Waals surface area (Å²) in [7, 11) is 5.36. The van der Waals surface area contributed by atoms with Crippen molar-refractivity contribution in [2.24, 2.45) is 4.99 Å². The topological polar surface area (TPSA) is 60.0 Å². The Morgan fingerprint density at radius 2 is 2.04 bits per heavy atom. The summed E-state index contributed by atoms with van der Waals surface area (Å²) in [6.07, 6.45) is 3.57. The van der Waals surface area contributed by atoms with Gasteiger partial charge in [-0.05, 0) is 43.9 Å². The van der Waals surface area contributed by atoms with Crippen molar-refractivity contribution < 1.29 is 9.18 Å². The summed E-state index contributed by atoms with van der Waals surface area (Å²) in [4.78, 5) is 20.4. The Kier molecular flexibility index (Phi) is 8.51. The summed E-state index contributed by atoms with van der Waals surface area (Å²) in [5.74, 6) is 0.745. The van der Waals surface area contributed by atoms with Gasteiger partial charge in [0, 0.05) is 40.8 Å². The first-order valence-electron chi connectivity index (χ1n) is 9.66. The lowest BCUT2D eigenvalue weighted by Gasteiger charge is -2.26. The smallest absolute Gasteiger partial charge is 0.239 e. The highest BCUT2D eigenvalue weighted by Crippen LogP contribution is 2.18. The highest BCUT2D eigenvalue weighted by atomic mass is 19.1. The largest absolute Gasteiger partial charge is 0.356 e. The van der Waals surface area contributed by atoms with Crippen LogP contribution in [0.25, 0.3) is 0 Å². The van der Waals surface area contributed by atoms with Gasteiger partial charge in [0.05, 0.1) is 6.04 Å². The van der Waals surface area contributed by atoms with E-state index in [1.807, 2.05) is 20.2 Å². The van der Waals surface area contributed by atoms with Gasteiger partial charge in [-0.2, -0.15) is 0 Å². The van der Waals surface area contributed by atoms with E-state index in [-0.39, 0.29) is 17.8 Å². The molecule has 1 amide bonds. The number of carbonyl (C=O) groups is 1. The number of halogens is 1. The first kappa shape index (κ1) is 21.2. The molecule has 1 heterocycles. The minimum Gasteiger partial charge on any atom is -0.356 e. The Bertz CT molecular complexity index is 635. The van der Waals surface area contributed by atoms with Gasteiger partial charge >= 0.3 is 0 Å². The Morgan fingerprint density at radius 3 is 2.74 bits per heavy atom. The van der Waals surface area contributed by atoms with E-state index in [2.05, 4.69) is 20.5 Å². The molecule has 150 valence electrons. The predicted molar refractivity (Wildman–Crippen MR) is 107 cm³/mol. The third-order valence-electron chi connectivity index (χ3n) is 4.87. The maximum Gasteiger partial charge on any atom is 0.239 e. The molecular weight excluding hydrogens is 345 g/mol. The zero-order valence-electron chi connectivity index (χ0n) is 16.7. The van der Waals surface area contributed by atoms with E-state index >= 15 is 0 Å². The van der Waals surface area contributed by atoms with Gasteiger partial charge in [-0.15, -0.1) is 0 Å². The molecule has 1 aromatic rings. The lowest BCUT2D eigenvalue weighted by Crippen LogP contribution is -2.44. The summed E-state index contributed by atoms with van der Waals surface area (Å²) in [6.45, 7) is 3.27. The summed E-state index contributed by atoms with van der Waals surface area (Å²) in [5.41, 5.74) is 0.700. The molecule has 7 heteroatoms. The Morgan fingerprint density at radius 1 is 1.30 bits per heavy atom. The van der Waals surface area contributed by atoms with Gasteiger partial charge in [0.1, 0.15) is 5.82 Å². The molecule has 0 bridgehead atoms. The van der Waals surface area contributed by atoms with Crippen LogP contribution in [0.1, 0.15) is 24.8 Å². The number of carbonyl (C=O) groups excluding carboxylic acids is 1. The number of likely N-dealkylation sites (N-methyl/N-ethyl adjacent to an activating group) is 1. The second-order valence-corrected chi connectivity index (χ2v) is 7.05. The van der Waals surface area contributed by atoms with Crippen LogP contribution in [-0.2, 0) is 11.2 Å². The van der Waals surface area contributed by atoms with Crippen molar-refractivity contribution in [2.75, 3.05) is 47.3 Å². The molecule has 1 fully saturated rings. The first-order chi connectivity index (χ1) is 13.0. The second-order valence-electron chi connectivity index (χ2n) is 7.05. The summed E-state index contributed by atoms with van der Waals surface area (Å²) in [5, 5.41) is 6.50. The predicted octanol–water partition coefficient (Wildman–Crippen LogP) is 1.48. The van der Waals surface area contributed by atoms with E-state index < -0.39 is 0 Å². The molecule has 27 heavy (non-hydrogen) atoms. The van der Waals surface area contributed by atoms with Gasteiger partial charge in [-0.3, -0.25) is 14.7 Å². The standard InChI is InChI=1S/C20H32FN5O/c1-22-20(24-13-11-16-8-4-5-9-17(16)21)23-12-7-15-26-14-6-10-18(26)19(27)25(2)3/h4-5,8-9,18H,6-7,10-15H2,1-3H3,(H2,22,23,24). The quantitative estimate of drug-likeness (QED) is 0.409. The van der Waals surface area contributed by atoms with Crippen molar-refractivity contribution >= 4 is 11.9 Å². The minimum absolute atomic E-state index is 0.0261. The molecule has 0 aliphatic carbocycles. The number of hydrogen-bond donors (Lipinski definition) is 2. The molecule has 1 aromatic carbocycles. The zero-order chi connectivity index (χ0) is 19.6. The van der Waals surface area contributed by atoms with E-state index in [9.17, 15) is 9.18 Å². The van der Waals surface area contributed by atoms with Crippen LogP contribution < -0.4 is 10.6 Å². The number of hydrogen-bond acceptors (Lipinski definition) is 3. The lowest BCUT2D eigenvalue weighted by atomic mass is 10.1. The molecule has 1 unspecified atom stereocenters. The van der Waals surface area contributed by atoms with Crippen LogP contribution in [0.5, 0.6) is 0 Å².